The zero-order valence-corrected chi connectivity index (χ0v) is 10.2. The maximum atomic E-state index is 13.0. The summed E-state index contributed by atoms with van der Waals surface area (Å²) in [5.74, 6) is -0.573. The Labute approximate surface area is 100 Å². The van der Waals surface area contributed by atoms with Crippen LogP contribution in [0.5, 0.6) is 0 Å². The molecule has 2 atom stereocenters. The summed E-state index contributed by atoms with van der Waals surface area (Å²) >= 11 is 0. The first kappa shape index (κ1) is 12.5. The van der Waals surface area contributed by atoms with Crippen molar-refractivity contribution in [2.75, 3.05) is 0 Å². The van der Waals surface area contributed by atoms with Gasteiger partial charge in [-0.05, 0) is 31.0 Å². The predicted octanol–water partition coefficient (Wildman–Crippen LogP) is 1.90. The molecule has 0 radical (unpaired) electrons. The molecular weight excluding hydrogens is 243 g/mol. The maximum absolute atomic E-state index is 13.0. The number of aliphatic hydroxyl groups excluding tert-OH is 1. The smallest absolute Gasteiger partial charge is 0.183 e. The molecule has 2 unspecified atom stereocenters. The molecule has 1 aromatic rings. The van der Waals surface area contributed by atoms with Crippen LogP contribution in [0.1, 0.15) is 25.7 Å². The van der Waals surface area contributed by atoms with Crippen LogP contribution in [0.3, 0.4) is 0 Å². The fourth-order valence-electron chi connectivity index (χ4n) is 2.26. The standard InChI is InChI=1S/C12H15FO3S/c13-9-4-3-5-10(8-9)17(15,16)12-7-2-1-6-11(12)14/h3-5,8,11-12,14H,1-2,6-7H2. The molecule has 0 aromatic heterocycles. The van der Waals surface area contributed by atoms with Gasteiger partial charge in [-0.2, -0.15) is 0 Å². The van der Waals surface area contributed by atoms with Gasteiger partial charge in [0, 0.05) is 0 Å². The van der Waals surface area contributed by atoms with E-state index in [0.29, 0.717) is 12.8 Å². The average molecular weight is 258 g/mol. The van der Waals surface area contributed by atoms with Crippen LogP contribution in [0.4, 0.5) is 4.39 Å². The molecule has 0 spiro atoms. The van der Waals surface area contributed by atoms with Crippen molar-refractivity contribution in [2.45, 2.75) is 41.9 Å². The van der Waals surface area contributed by atoms with E-state index in [9.17, 15) is 17.9 Å². The van der Waals surface area contributed by atoms with E-state index in [0.717, 1.165) is 18.9 Å². The van der Waals surface area contributed by atoms with Gasteiger partial charge in [0.2, 0.25) is 0 Å². The number of hydrogen-bond donors (Lipinski definition) is 1. The minimum Gasteiger partial charge on any atom is -0.392 e. The number of benzene rings is 1. The summed E-state index contributed by atoms with van der Waals surface area (Å²) in [6, 6.07) is 4.96. The Bertz CT molecular complexity index is 498. The van der Waals surface area contributed by atoms with Crippen LogP contribution in [-0.2, 0) is 9.84 Å². The molecular formula is C12H15FO3S. The van der Waals surface area contributed by atoms with E-state index in [1.165, 1.54) is 18.2 Å². The van der Waals surface area contributed by atoms with E-state index < -0.39 is 27.0 Å². The van der Waals surface area contributed by atoms with Crippen LogP contribution in [0.15, 0.2) is 29.2 Å². The number of halogens is 1. The van der Waals surface area contributed by atoms with Gasteiger partial charge in [-0.15, -0.1) is 0 Å². The van der Waals surface area contributed by atoms with Crippen LogP contribution < -0.4 is 0 Å². The average Bonchev–Trinajstić information content (AvgIpc) is 2.29. The molecule has 2 rings (SSSR count). The quantitative estimate of drug-likeness (QED) is 0.881. The highest BCUT2D eigenvalue weighted by Gasteiger charge is 2.35. The van der Waals surface area contributed by atoms with E-state index in [4.69, 9.17) is 0 Å². The summed E-state index contributed by atoms with van der Waals surface area (Å²) in [7, 11) is -3.62. The molecule has 94 valence electrons. The van der Waals surface area contributed by atoms with Gasteiger partial charge in [0.25, 0.3) is 0 Å². The minimum absolute atomic E-state index is 0.0385. The second kappa shape index (κ2) is 4.74. The predicted molar refractivity (Wildman–Crippen MR) is 61.8 cm³/mol. The van der Waals surface area contributed by atoms with Crippen molar-refractivity contribution in [1.29, 1.82) is 0 Å². The van der Waals surface area contributed by atoms with Crippen molar-refractivity contribution in [3.05, 3.63) is 30.1 Å². The normalized spacial score (nSPS) is 25.8. The fourth-order valence-corrected chi connectivity index (χ4v) is 4.18. The Morgan fingerprint density at radius 3 is 2.59 bits per heavy atom. The fraction of sp³-hybridized carbons (Fsp3) is 0.500. The van der Waals surface area contributed by atoms with Crippen molar-refractivity contribution in [3.63, 3.8) is 0 Å². The van der Waals surface area contributed by atoms with Crippen LogP contribution >= 0.6 is 0 Å². The third-order valence-corrected chi connectivity index (χ3v) is 5.45. The molecule has 0 aliphatic heterocycles. The molecule has 17 heavy (non-hydrogen) atoms. The zero-order valence-electron chi connectivity index (χ0n) is 9.34. The van der Waals surface area contributed by atoms with Crippen LogP contribution in [0.25, 0.3) is 0 Å². The van der Waals surface area contributed by atoms with Gasteiger partial charge < -0.3 is 5.11 Å². The summed E-state index contributed by atoms with van der Waals surface area (Å²) in [6.07, 6.45) is 1.74. The molecule has 0 saturated heterocycles. The SMILES string of the molecule is O=S(=O)(c1cccc(F)c1)C1CCCCC1O. The highest BCUT2D eigenvalue weighted by atomic mass is 32.2. The van der Waals surface area contributed by atoms with Crippen LogP contribution in [0, 0.1) is 5.82 Å². The third kappa shape index (κ3) is 2.50. The molecule has 1 aliphatic rings. The molecule has 3 nitrogen and oxygen atoms in total. The first-order valence-corrected chi connectivity index (χ1v) is 7.24. The Hall–Kier alpha value is -0.940. The third-order valence-electron chi connectivity index (χ3n) is 3.19. The van der Waals surface area contributed by atoms with Crippen LogP contribution in [-0.4, -0.2) is 24.9 Å². The van der Waals surface area contributed by atoms with E-state index in [2.05, 4.69) is 0 Å². The van der Waals surface area contributed by atoms with E-state index in [1.807, 2.05) is 0 Å². The molecule has 0 amide bonds. The van der Waals surface area contributed by atoms with Gasteiger partial charge >= 0.3 is 0 Å². The summed E-state index contributed by atoms with van der Waals surface area (Å²) in [5.41, 5.74) is 0. The summed E-state index contributed by atoms with van der Waals surface area (Å²) in [6.45, 7) is 0. The monoisotopic (exact) mass is 258 g/mol. The van der Waals surface area contributed by atoms with Gasteiger partial charge in [-0.1, -0.05) is 18.9 Å². The summed E-state index contributed by atoms with van der Waals surface area (Å²) < 4.78 is 37.5. The Morgan fingerprint density at radius 2 is 1.94 bits per heavy atom. The zero-order chi connectivity index (χ0) is 12.5. The van der Waals surface area contributed by atoms with Gasteiger partial charge in [-0.25, -0.2) is 12.8 Å². The topological polar surface area (TPSA) is 54.4 Å². The van der Waals surface area contributed by atoms with E-state index in [1.54, 1.807) is 0 Å². The molecule has 1 saturated carbocycles. The molecule has 1 aromatic carbocycles. The molecule has 5 heteroatoms. The maximum Gasteiger partial charge on any atom is 0.183 e. The van der Waals surface area contributed by atoms with Crippen LogP contribution in [0.2, 0.25) is 0 Å². The van der Waals surface area contributed by atoms with Crippen molar-refractivity contribution < 1.29 is 17.9 Å². The van der Waals surface area contributed by atoms with Gasteiger partial charge in [0.05, 0.1) is 16.2 Å². The highest BCUT2D eigenvalue weighted by Crippen LogP contribution is 2.29. The summed E-state index contributed by atoms with van der Waals surface area (Å²) in [4.78, 5) is -0.0385. The largest absolute Gasteiger partial charge is 0.392 e. The number of sulfone groups is 1. The lowest BCUT2D eigenvalue weighted by Gasteiger charge is -2.27. The number of rotatable bonds is 2. The lowest BCUT2D eigenvalue weighted by molar-refractivity contribution is 0.133. The molecule has 0 bridgehead atoms. The first-order valence-electron chi connectivity index (χ1n) is 5.69. The van der Waals surface area contributed by atoms with Crippen molar-refractivity contribution in [2.24, 2.45) is 0 Å². The second-order valence-electron chi connectivity index (χ2n) is 4.39. The second-order valence-corrected chi connectivity index (χ2v) is 6.56. The molecule has 1 fully saturated rings. The Morgan fingerprint density at radius 1 is 1.24 bits per heavy atom. The van der Waals surface area contributed by atoms with Gasteiger partial charge in [0.1, 0.15) is 5.82 Å². The number of hydrogen-bond acceptors (Lipinski definition) is 3. The Kier molecular flexibility index (Phi) is 3.49. The molecule has 1 N–H and O–H groups in total. The lowest BCUT2D eigenvalue weighted by Crippen LogP contribution is -2.36. The minimum atomic E-state index is -3.62. The highest BCUT2D eigenvalue weighted by molar-refractivity contribution is 7.92. The lowest BCUT2D eigenvalue weighted by atomic mass is 9.97. The van der Waals surface area contributed by atoms with Crippen molar-refractivity contribution in [1.82, 2.24) is 0 Å². The van der Waals surface area contributed by atoms with Gasteiger partial charge in [-0.3, -0.25) is 0 Å². The van der Waals surface area contributed by atoms with Crippen molar-refractivity contribution in [3.8, 4) is 0 Å². The van der Waals surface area contributed by atoms with E-state index >= 15 is 0 Å². The summed E-state index contributed by atoms with van der Waals surface area (Å²) in [5, 5.41) is 8.97. The van der Waals surface area contributed by atoms with Gasteiger partial charge in [0.15, 0.2) is 9.84 Å². The number of aliphatic hydroxyl groups is 1. The first-order chi connectivity index (χ1) is 8.01. The van der Waals surface area contributed by atoms with E-state index in [-0.39, 0.29) is 4.90 Å². The molecule has 0 heterocycles. The Balaban J connectivity index is 2.35. The van der Waals surface area contributed by atoms with Crippen molar-refractivity contribution >= 4 is 9.84 Å². The molecule has 1 aliphatic carbocycles.